The second-order valence-electron chi connectivity index (χ2n) is 6.93. The first-order valence-electron chi connectivity index (χ1n) is 7.44. The molecular formula is C16H30OSi. The van der Waals surface area contributed by atoms with Crippen molar-refractivity contribution in [1.29, 1.82) is 0 Å². The molecule has 1 aliphatic carbocycles. The second-order valence-corrected chi connectivity index (χ2v) is 13.0. The maximum atomic E-state index is 11.6. The molecule has 0 saturated heterocycles. The Morgan fingerprint density at radius 2 is 1.61 bits per heavy atom. The molecule has 1 unspecified atom stereocenters. The number of rotatable bonds is 6. The van der Waals surface area contributed by atoms with E-state index in [0.717, 1.165) is 28.6 Å². The number of hydrogen-bond acceptors (Lipinski definition) is 1. The smallest absolute Gasteiger partial charge is 0.155 e. The Hall–Kier alpha value is -0.373. The third-order valence-electron chi connectivity index (χ3n) is 5.29. The Labute approximate surface area is 114 Å². The van der Waals surface area contributed by atoms with Crippen molar-refractivity contribution < 1.29 is 4.79 Å². The minimum Gasteiger partial charge on any atom is -0.295 e. The Morgan fingerprint density at radius 3 is 1.83 bits per heavy atom. The van der Waals surface area contributed by atoms with E-state index in [1.54, 1.807) is 6.92 Å². The van der Waals surface area contributed by atoms with Crippen molar-refractivity contribution in [3.8, 4) is 0 Å². The molecule has 0 aromatic carbocycles. The van der Waals surface area contributed by atoms with Gasteiger partial charge in [-0.3, -0.25) is 4.79 Å². The van der Waals surface area contributed by atoms with Crippen LogP contribution in [0.3, 0.4) is 0 Å². The van der Waals surface area contributed by atoms with E-state index < -0.39 is 8.07 Å². The SMILES string of the molecule is CC(=O)C1=CCC1C[Si](C(C)C)(C(C)C)C(C)C. The fraction of sp³-hybridized carbons (Fsp3) is 0.812. The van der Waals surface area contributed by atoms with Crippen molar-refractivity contribution in [2.24, 2.45) is 5.92 Å². The van der Waals surface area contributed by atoms with Crippen LogP contribution in [0.5, 0.6) is 0 Å². The third kappa shape index (κ3) is 2.63. The van der Waals surface area contributed by atoms with Gasteiger partial charge in [0.2, 0.25) is 0 Å². The monoisotopic (exact) mass is 266 g/mol. The lowest BCUT2D eigenvalue weighted by molar-refractivity contribution is -0.114. The normalized spacial score (nSPS) is 20.3. The van der Waals surface area contributed by atoms with E-state index in [9.17, 15) is 4.79 Å². The van der Waals surface area contributed by atoms with Crippen molar-refractivity contribution in [1.82, 2.24) is 0 Å². The van der Waals surface area contributed by atoms with Crippen LogP contribution in [0.2, 0.25) is 22.7 Å². The lowest BCUT2D eigenvalue weighted by Gasteiger charge is -2.47. The summed E-state index contributed by atoms with van der Waals surface area (Å²) in [5.74, 6) is 0.867. The standard InChI is InChI=1S/C16H30OSi/c1-11(2)18(12(3)4,13(5)6)10-15-8-9-16(15)14(7)17/h9,11-13,15H,8,10H2,1-7H3. The van der Waals surface area contributed by atoms with Crippen LogP contribution >= 0.6 is 0 Å². The zero-order valence-corrected chi connectivity index (χ0v) is 14.2. The van der Waals surface area contributed by atoms with Crippen molar-refractivity contribution in [2.75, 3.05) is 0 Å². The molecule has 0 spiro atoms. The van der Waals surface area contributed by atoms with Gasteiger partial charge in [0.25, 0.3) is 0 Å². The predicted molar refractivity (Wildman–Crippen MR) is 82.7 cm³/mol. The molecule has 104 valence electrons. The molecule has 0 aromatic heterocycles. The van der Waals surface area contributed by atoms with Gasteiger partial charge in [-0.1, -0.05) is 64.2 Å². The highest BCUT2D eigenvalue weighted by molar-refractivity contribution is 6.83. The maximum absolute atomic E-state index is 11.6. The van der Waals surface area contributed by atoms with Crippen LogP contribution in [0.25, 0.3) is 0 Å². The number of carbonyl (C=O) groups excluding carboxylic acids is 1. The summed E-state index contributed by atoms with van der Waals surface area (Å²) < 4.78 is 0. The van der Waals surface area contributed by atoms with Gasteiger partial charge in [0.1, 0.15) is 0 Å². The fourth-order valence-electron chi connectivity index (χ4n) is 4.16. The summed E-state index contributed by atoms with van der Waals surface area (Å²) in [6.07, 6.45) is 3.28. The molecule has 0 amide bonds. The number of carbonyl (C=O) groups is 1. The van der Waals surface area contributed by atoms with Gasteiger partial charge in [-0.05, 0) is 30.9 Å². The molecule has 1 nitrogen and oxygen atoms in total. The molecule has 0 N–H and O–H groups in total. The van der Waals surface area contributed by atoms with Crippen molar-refractivity contribution in [2.45, 2.75) is 77.6 Å². The summed E-state index contributed by atoms with van der Waals surface area (Å²) in [4.78, 5) is 11.6. The Kier molecular flexibility index (Phi) is 4.99. The molecule has 18 heavy (non-hydrogen) atoms. The van der Waals surface area contributed by atoms with Gasteiger partial charge in [-0.15, -0.1) is 0 Å². The molecule has 1 aliphatic rings. The molecule has 1 atom stereocenters. The lowest BCUT2D eigenvalue weighted by Crippen LogP contribution is -2.47. The van der Waals surface area contributed by atoms with Crippen LogP contribution in [0, 0.1) is 5.92 Å². The van der Waals surface area contributed by atoms with Crippen LogP contribution in [-0.2, 0) is 4.79 Å². The molecule has 0 heterocycles. The van der Waals surface area contributed by atoms with Crippen molar-refractivity contribution in [3.05, 3.63) is 11.6 Å². The molecule has 0 aromatic rings. The number of Topliss-reactive ketones (excluding diaryl/α,β-unsaturated/α-hetero) is 1. The molecule has 0 radical (unpaired) electrons. The number of ketones is 1. The third-order valence-corrected chi connectivity index (χ3v) is 12.9. The van der Waals surface area contributed by atoms with E-state index >= 15 is 0 Å². The van der Waals surface area contributed by atoms with E-state index in [4.69, 9.17) is 0 Å². The molecule has 0 aliphatic heterocycles. The largest absolute Gasteiger partial charge is 0.295 e. The van der Waals surface area contributed by atoms with Crippen molar-refractivity contribution in [3.63, 3.8) is 0 Å². The minimum absolute atomic E-state index is 0.297. The zero-order chi connectivity index (χ0) is 14.1. The van der Waals surface area contributed by atoms with Crippen LogP contribution in [0.4, 0.5) is 0 Å². The summed E-state index contributed by atoms with van der Waals surface area (Å²) in [7, 11) is -1.34. The summed E-state index contributed by atoms with van der Waals surface area (Å²) in [6, 6.07) is 1.31. The zero-order valence-electron chi connectivity index (χ0n) is 13.2. The predicted octanol–water partition coefficient (Wildman–Crippen LogP) is 5.20. The average molecular weight is 267 g/mol. The van der Waals surface area contributed by atoms with Gasteiger partial charge < -0.3 is 0 Å². The first-order valence-corrected chi connectivity index (χ1v) is 9.88. The van der Waals surface area contributed by atoms with Crippen LogP contribution in [-0.4, -0.2) is 13.9 Å². The van der Waals surface area contributed by atoms with E-state index in [1.165, 1.54) is 6.04 Å². The van der Waals surface area contributed by atoms with E-state index in [-0.39, 0.29) is 0 Å². The van der Waals surface area contributed by atoms with Gasteiger partial charge in [-0.2, -0.15) is 0 Å². The van der Waals surface area contributed by atoms with E-state index in [0.29, 0.717) is 11.7 Å². The second kappa shape index (κ2) is 5.73. The molecular weight excluding hydrogens is 236 g/mol. The summed E-state index contributed by atoms with van der Waals surface area (Å²) in [5.41, 5.74) is 3.51. The van der Waals surface area contributed by atoms with Crippen LogP contribution in [0.1, 0.15) is 54.9 Å². The van der Waals surface area contributed by atoms with E-state index in [1.807, 2.05) is 0 Å². The van der Waals surface area contributed by atoms with Gasteiger partial charge in [0.05, 0.1) is 8.07 Å². The summed E-state index contributed by atoms with van der Waals surface area (Å²) in [6.45, 7) is 16.2. The molecule has 0 saturated carbocycles. The molecule has 0 fully saturated rings. The highest BCUT2D eigenvalue weighted by atomic mass is 28.3. The average Bonchev–Trinajstić information content (AvgIpc) is 2.13. The highest BCUT2D eigenvalue weighted by Gasteiger charge is 2.45. The molecule has 1 rings (SSSR count). The molecule has 0 bridgehead atoms. The first kappa shape index (κ1) is 15.7. The fourth-order valence-corrected chi connectivity index (χ4v) is 10.8. The van der Waals surface area contributed by atoms with Gasteiger partial charge >= 0.3 is 0 Å². The van der Waals surface area contributed by atoms with Gasteiger partial charge in [-0.25, -0.2) is 0 Å². The van der Waals surface area contributed by atoms with E-state index in [2.05, 4.69) is 47.6 Å². The number of allylic oxidation sites excluding steroid dienone is 2. The first-order chi connectivity index (χ1) is 8.23. The Morgan fingerprint density at radius 1 is 1.17 bits per heavy atom. The summed E-state index contributed by atoms with van der Waals surface area (Å²) >= 11 is 0. The molecule has 2 heteroatoms. The minimum atomic E-state index is -1.34. The van der Waals surface area contributed by atoms with Crippen molar-refractivity contribution >= 4 is 13.9 Å². The van der Waals surface area contributed by atoms with Crippen LogP contribution in [0.15, 0.2) is 11.6 Å². The Bertz CT molecular complexity index is 317. The highest BCUT2D eigenvalue weighted by Crippen LogP contribution is 2.49. The van der Waals surface area contributed by atoms with Gasteiger partial charge in [0, 0.05) is 0 Å². The topological polar surface area (TPSA) is 17.1 Å². The van der Waals surface area contributed by atoms with Gasteiger partial charge in [0.15, 0.2) is 5.78 Å². The van der Waals surface area contributed by atoms with Crippen LogP contribution < -0.4 is 0 Å². The quantitative estimate of drug-likeness (QED) is 0.604. The summed E-state index contributed by atoms with van der Waals surface area (Å²) in [5, 5.41) is 0. The Balaban J connectivity index is 2.94. The number of hydrogen-bond donors (Lipinski definition) is 0. The lowest BCUT2D eigenvalue weighted by atomic mass is 9.84. The maximum Gasteiger partial charge on any atom is 0.155 e.